The Bertz CT molecular complexity index is 1740. The molecule has 1 atom stereocenters. The molecule has 238 valence electrons. The van der Waals surface area contributed by atoms with Gasteiger partial charge in [0.2, 0.25) is 0 Å². The summed E-state index contributed by atoms with van der Waals surface area (Å²) in [4.78, 5) is 46.6. The van der Waals surface area contributed by atoms with Crippen LogP contribution >= 0.6 is 0 Å². The molecule has 5 rings (SSSR count). The zero-order valence-electron chi connectivity index (χ0n) is 27.2. The van der Waals surface area contributed by atoms with E-state index in [2.05, 4.69) is 46.5 Å². The largest absolute Gasteiger partial charge is 0.456 e. The van der Waals surface area contributed by atoms with Crippen molar-refractivity contribution >= 4 is 29.2 Å². The first kappa shape index (κ1) is 32.4. The van der Waals surface area contributed by atoms with E-state index in [-0.39, 0.29) is 17.9 Å². The maximum absolute atomic E-state index is 13.5. The molecule has 0 fully saturated rings. The van der Waals surface area contributed by atoms with Crippen LogP contribution in [0.1, 0.15) is 95.7 Å². The lowest BCUT2D eigenvalue weighted by Gasteiger charge is -2.26. The van der Waals surface area contributed by atoms with E-state index >= 15 is 0 Å². The fourth-order valence-corrected chi connectivity index (χ4v) is 5.82. The number of amides is 2. The van der Waals surface area contributed by atoms with Crippen LogP contribution in [0.25, 0.3) is 11.3 Å². The first-order valence-corrected chi connectivity index (χ1v) is 15.9. The number of carbonyl (C=O) groups is 3. The van der Waals surface area contributed by atoms with Gasteiger partial charge in [-0.2, -0.15) is 0 Å². The minimum absolute atomic E-state index is 0.0497. The molecular weight excluding hydrogens is 576 g/mol. The molecule has 0 spiro atoms. The van der Waals surface area contributed by atoms with E-state index in [0.717, 1.165) is 38.0 Å². The van der Waals surface area contributed by atoms with Crippen molar-refractivity contribution in [2.24, 2.45) is 0 Å². The molecule has 1 aliphatic rings. The van der Waals surface area contributed by atoms with E-state index in [9.17, 15) is 14.4 Å². The van der Waals surface area contributed by atoms with Crippen molar-refractivity contribution in [1.29, 1.82) is 0 Å². The van der Waals surface area contributed by atoms with Gasteiger partial charge < -0.3 is 20.3 Å². The van der Waals surface area contributed by atoms with Gasteiger partial charge in [0.25, 0.3) is 11.8 Å². The summed E-state index contributed by atoms with van der Waals surface area (Å²) >= 11 is 0. The maximum atomic E-state index is 13.5. The average molecular weight is 619 g/mol. The molecule has 1 aromatic heterocycles. The highest BCUT2D eigenvalue weighted by molar-refractivity contribution is 6.07. The predicted octanol–water partition coefficient (Wildman–Crippen LogP) is 7.61. The van der Waals surface area contributed by atoms with Crippen LogP contribution in [-0.2, 0) is 11.2 Å². The Morgan fingerprint density at radius 1 is 0.870 bits per heavy atom. The normalized spacial score (nSPS) is 14.2. The first-order chi connectivity index (χ1) is 22.1. The Morgan fingerprint density at radius 3 is 2.37 bits per heavy atom. The molecule has 0 radical (unpaired) electrons. The topological polar surface area (TPSA) is 101 Å². The SMILES string of the molecule is CCN(CC)c1ccc(NC(=O)c2cccc(C(=O)OC(C)(C)C)c2)c(-c2cc(C(=O)N[C@H]3CCCc4ccccc43)ccn2)c1. The summed E-state index contributed by atoms with van der Waals surface area (Å²) in [6.07, 6.45) is 4.55. The molecule has 0 saturated carbocycles. The van der Waals surface area contributed by atoms with Crippen LogP contribution in [-0.4, -0.2) is 41.5 Å². The molecule has 8 heteroatoms. The smallest absolute Gasteiger partial charge is 0.338 e. The molecule has 4 aromatic rings. The van der Waals surface area contributed by atoms with E-state index in [1.807, 2.05) is 30.3 Å². The highest BCUT2D eigenvalue weighted by Gasteiger charge is 2.23. The van der Waals surface area contributed by atoms with E-state index in [1.165, 1.54) is 17.2 Å². The molecule has 8 nitrogen and oxygen atoms in total. The van der Waals surface area contributed by atoms with Crippen molar-refractivity contribution in [1.82, 2.24) is 10.3 Å². The number of esters is 1. The van der Waals surface area contributed by atoms with Gasteiger partial charge in [0.05, 0.1) is 23.0 Å². The lowest BCUT2D eigenvalue weighted by molar-refractivity contribution is 0.00693. The number of benzene rings is 3. The molecule has 46 heavy (non-hydrogen) atoms. The van der Waals surface area contributed by atoms with Gasteiger partial charge in [-0.15, -0.1) is 0 Å². The molecule has 0 aliphatic heterocycles. The van der Waals surface area contributed by atoms with Crippen LogP contribution in [0, 0.1) is 0 Å². The minimum Gasteiger partial charge on any atom is -0.456 e. The molecule has 0 saturated heterocycles. The fourth-order valence-electron chi connectivity index (χ4n) is 5.82. The van der Waals surface area contributed by atoms with Crippen LogP contribution < -0.4 is 15.5 Å². The van der Waals surface area contributed by atoms with Gasteiger partial charge in [0.1, 0.15) is 5.60 Å². The number of pyridine rings is 1. The van der Waals surface area contributed by atoms with Gasteiger partial charge in [-0.05, 0) is 114 Å². The summed E-state index contributed by atoms with van der Waals surface area (Å²) in [5, 5.41) is 6.25. The van der Waals surface area contributed by atoms with Crippen LogP contribution in [0.2, 0.25) is 0 Å². The third-order valence-corrected chi connectivity index (χ3v) is 8.11. The molecule has 0 bridgehead atoms. The lowest BCUT2D eigenvalue weighted by atomic mass is 9.87. The monoisotopic (exact) mass is 618 g/mol. The van der Waals surface area contributed by atoms with Crippen LogP contribution in [0.15, 0.2) is 85.1 Å². The van der Waals surface area contributed by atoms with E-state index < -0.39 is 11.6 Å². The number of nitrogens with zero attached hydrogens (tertiary/aromatic N) is 2. The number of aryl methyl sites for hydroxylation is 1. The van der Waals surface area contributed by atoms with E-state index in [4.69, 9.17) is 4.74 Å². The molecule has 1 heterocycles. The Hall–Kier alpha value is -4.98. The standard InChI is InChI=1S/C38H42N4O4/c1-6-42(7-2)29-18-19-33(41-35(43)26-14-10-15-28(22-26)37(45)46-38(3,4)5)31(24-29)34-23-27(20-21-39-34)36(44)40-32-17-11-13-25-12-8-9-16-30(25)32/h8-10,12,14-16,18-24,32H,6-7,11,13,17H2,1-5H3,(H,40,44)(H,41,43)/t32-/m0/s1. The fraction of sp³-hybridized carbons (Fsp3) is 0.316. The van der Waals surface area contributed by atoms with E-state index in [0.29, 0.717) is 33.6 Å². The number of hydrogen-bond acceptors (Lipinski definition) is 6. The number of nitrogens with one attached hydrogen (secondary N) is 2. The number of aromatic nitrogens is 1. The first-order valence-electron chi connectivity index (χ1n) is 15.9. The Morgan fingerprint density at radius 2 is 1.61 bits per heavy atom. The summed E-state index contributed by atoms with van der Waals surface area (Å²) in [6.45, 7) is 11.2. The summed E-state index contributed by atoms with van der Waals surface area (Å²) in [7, 11) is 0. The van der Waals surface area contributed by atoms with Gasteiger partial charge in [-0.1, -0.05) is 30.3 Å². The average Bonchev–Trinajstić information content (AvgIpc) is 3.05. The third-order valence-electron chi connectivity index (χ3n) is 8.11. The Balaban J connectivity index is 1.44. The third kappa shape index (κ3) is 7.62. The van der Waals surface area contributed by atoms with Crippen molar-refractivity contribution in [3.8, 4) is 11.3 Å². The van der Waals surface area contributed by atoms with Crippen LogP contribution in [0.3, 0.4) is 0 Å². The predicted molar refractivity (Wildman–Crippen MR) is 182 cm³/mol. The van der Waals surface area contributed by atoms with Gasteiger partial charge in [-0.3, -0.25) is 14.6 Å². The minimum atomic E-state index is -0.657. The number of rotatable bonds is 9. The number of carbonyl (C=O) groups excluding carboxylic acids is 3. The number of hydrogen-bond donors (Lipinski definition) is 2. The second-order valence-electron chi connectivity index (χ2n) is 12.5. The van der Waals surface area contributed by atoms with Gasteiger partial charge in [-0.25, -0.2) is 4.79 Å². The van der Waals surface area contributed by atoms with Crippen molar-refractivity contribution in [3.05, 3.63) is 113 Å². The molecule has 1 aliphatic carbocycles. The maximum Gasteiger partial charge on any atom is 0.338 e. The molecule has 2 N–H and O–H groups in total. The highest BCUT2D eigenvalue weighted by atomic mass is 16.6. The molecular formula is C38H42N4O4. The van der Waals surface area contributed by atoms with Gasteiger partial charge in [0, 0.05) is 41.7 Å². The quantitative estimate of drug-likeness (QED) is 0.187. The van der Waals surface area contributed by atoms with Crippen LogP contribution in [0.5, 0.6) is 0 Å². The summed E-state index contributed by atoms with van der Waals surface area (Å²) < 4.78 is 5.49. The van der Waals surface area contributed by atoms with Crippen LogP contribution in [0.4, 0.5) is 11.4 Å². The lowest BCUT2D eigenvalue weighted by Crippen LogP contribution is -2.31. The number of fused-ring (bicyclic) bond motifs is 1. The Kier molecular flexibility index (Phi) is 9.85. The number of ether oxygens (including phenoxy) is 1. The zero-order chi connectivity index (χ0) is 32.8. The molecule has 3 aromatic carbocycles. The zero-order valence-corrected chi connectivity index (χ0v) is 27.2. The van der Waals surface area contributed by atoms with Crippen molar-refractivity contribution < 1.29 is 19.1 Å². The summed E-state index contributed by atoms with van der Waals surface area (Å²) in [6, 6.07) is 24.0. The van der Waals surface area contributed by atoms with Crippen molar-refractivity contribution in [2.75, 3.05) is 23.3 Å². The summed E-state index contributed by atoms with van der Waals surface area (Å²) in [5.74, 6) is -1.05. The van der Waals surface area contributed by atoms with Gasteiger partial charge >= 0.3 is 5.97 Å². The van der Waals surface area contributed by atoms with Crippen molar-refractivity contribution in [2.45, 2.75) is 65.5 Å². The number of anilines is 2. The molecule has 0 unspecified atom stereocenters. The van der Waals surface area contributed by atoms with Crippen molar-refractivity contribution in [3.63, 3.8) is 0 Å². The highest BCUT2D eigenvalue weighted by Crippen LogP contribution is 2.33. The second kappa shape index (κ2) is 14.0. The van der Waals surface area contributed by atoms with Gasteiger partial charge in [0.15, 0.2) is 0 Å². The van der Waals surface area contributed by atoms with E-state index in [1.54, 1.807) is 57.3 Å². The second-order valence-corrected chi connectivity index (χ2v) is 12.5. The molecule has 2 amide bonds. The summed E-state index contributed by atoms with van der Waals surface area (Å²) in [5.41, 5.74) is 5.64. The Labute approximate surface area is 271 Å².